The van der Waals surface area contributed by atoms with Crippen molar-refractivity contribution in [2.45, 2.75) is 45.9 Å². The maximum atomic E-state index is 11.3. The summed E-state index contributed by atoms with van der Waals surface area (Å²) in [6.07, 6.45) is 1.03. The molecule has 0 aromatic heterocycles. The van der Waals surface area contributed by atoms with Gasteiger partial charge in [0, 0.05) is 26.1 Å². The number of ether oxygens (including phenoxy) is 3. The van der Waals surface area contributed by atoms with Gasteiger partial charge >= 0.3 is 5.97 Å². The van der Waals surface area contributed by atoms with Crippen molar-refractivity contribution in [3.05, 3.63) is 0 Å². The van der Waals surface area contributed by atoms with Gasteiger partial charge in [-0.15, -0.1) is 0 Å². The molecule has 3 N–H and O–H groups in total. The highest BCUT2D eigenvalue weighted by Gasteiger charge is 2.20. The molecule has 17 heavy (non-hydrogen) atoms. The summed E-state index contributed by atoms with van der Waals surface area (Å²) in [5.74, 6) is -0.255. The van der Waals surface area contributed by atoms with Crippen molar-refractivity contribution < 1.29 is 37.1 Å². The number of halogens is 1. The minimum atomic E-state index is -0.344. The normalized spacial score (nSPS) is 12.1. The summed E-state index contributed by atoms with van der Waals surface area (Å²) >= 11 is 0. The molecule has 5 nitrogen and oxygen atoms in total. The van der Waals surface area contributed by atoms with E-state index in [0.717, 1.165) is 0 Å². The molecule has 0 heterocycles. The summed E-state index contributed by atoms with van der Waals surface area (Å²) in [4.78, 5) is 11.3. The number of carbonyl (C=O) groups is 1. The van der Waals surface area contributed by atoms with Crippen LogP contribution in [-0.4, -0.2) is 38.1 Å². The molecule has 0 rings (SSSR count). The first-order valence-corrected chi connectivity index (χ1v) is 5.88. The average molecular weight is 270 g/mol. The summed E-state index contributed by atoms with van der Waals surface area (Å²) < 4.78 is 15.6. The molecule has 6 heteroatoms. The van der Waals surface area contributed by atoms with Gasteiger partial charge in [0.1, 0.15) is 0 Å². The Morgan fingerprint density at radius 2 is 1.59 bits per heavy atom. The van der Waals surface area contributed by atoms with Crippen molar-refractivity contribution in [2.24, 2.45) is 0 Å². The summed E-state index contributed by atoms with van der Waals surface area (Å²) in [7, 11) is 0. The molecule has 0 amide bonds. The highest BCUT2D eigenvalue weighted by Crippen LogP contribution is 2.06. The van der Waals surface area contributed by atoms with Crippen molar-refractivity contribution >= 4 is 5.97 Å². The third kappa shape index (κ3) is 9.35. The zero-order valence-corrected chi connectivity index (χ0v) is 11.7. The van der Waals surface area contributed by atoms with Gasteiger partial charge in [-0.25, -0.2) is 4.79 Å². The molecule has 0 aromatic carbocycles. The number of carbonyl (C=O) groups excluding carboxylic acids is 1. The Kier molecular flexibility index (Phi) is 13.5. The largest absolute Gasteiger partial charge is 1.00 e. The molecule has 0 aliphatic carbocycles. The van der Waals surface area contributed by atoms with Gasteiger partial charge in [-0.2, -0.15) is 0 Å². The number of esters is 1. The van der Waals surface area contributed by atoms with Crippen LogP contribution in [-0.2, 0) is 19.0 Å². The van der Waals surface area contributed by atoms with Crippen LogP contribution in [0.5, 0.6) is 0 Å². The van der Waals surface area contributed by atoms with Crippen LogP contribution in [0.2, 0.25) is 0 Å². The fourth-order valence-electron chi connectivity index (χ4n) is 1.30. The van der Waals surface area contributed by atoms with E-state index in [-0.39, 0.29) is 30.7 Å². The molecule has 0 unspecified atom stereocenters. The maximum Gasteiger partial charge on any atom is 0.364 e. The average Bonchev–Trinajstić information content (AvgIpc) is 2.26. The van der Waals surface area contributed by atoms with E-state index in [4.69, 9.17) is 14.2 Å². The third-order valence-corrected chi connectivity index (χ3v) is 2.08. The lowest BCUT2D eigenvalue weighted by molar-refractivity contribution is -0.411. The molecule has 0 bridgehead atoms. The van der Waals surface area contributed by atoms with Crippen LogP contribution in [0.4, 0.5) is 0 Å². The van der Waals surface area contributed by atoms with Crippen molar-refractivity contribution in [2.75, 3.05) is 19.8 Å². The molecule has 0 saturated carbocycles. The van der Waals surface area contributed by atoms with Crippen molar-refractivity contribution in [1.29, 1.82) is 0 Å². The first-order chi connectivity index (χ1) is 7.65. The van der Waals surface area contributed by atoms with Crippen LogP contribution in [0.3, 0.4) is 0 Å². The summed E-state index contributed by atoms with van der Waals surface area (Å²) in [6, 6.07) is -0.344. The number of rotatable bonds is 9. The third-order valence-electron chi connectivity index (χ3n) is 2.08. The van der Waals surface area contributed by atoms with E-state index in [2.05, 4.69) is 5.73 Å². The fraction of sp³-hybridized carbons (Fsp3) is 0.909. The van der Waals surface area contributed by atoms with Gasteiger partial charge in [0.15, 0.2) is 12.3 Å². The molecule has 0 spiro atoms. The van der Waals surface area contributed by atoms with Gasteiger partial charge in [-0.05, 0) is 20.8 Å². The zero-order chi connectivity index (χ0) is 12.4. The highest BCUT2D eigenvalue weighted by molar-refractivity contribution is 5.73. The van der Waals surface area contributed by atoms with Gasteiger partial charge in [0.25, 0.3) is 0 Å². The zero-order valence-electron chi connectivity index (χ0n) is 10.9. The molecule has 0 aliphatic rings. The smallest absolute Gasteiger partial charge is 0.364 e. The monoisotopic (exact) mass is 269 g/mol. The first-order valence-electron chi connectivity index (χ1n) is 5.88. The highest BCUT2D eigenvalue weighted by atomic mass is 35.5. The molecule has 0 fully saturated rings. The molecule has 104 valence electrons. The molecule has 0 aromatic rings. The van der Waals surface area contributed by atoms with Gasteiger partial charge < -0.3 is 32.4 Å². The van der Waals surface area contributed by atoms with E-state index in [9.17, 15) is 4.79 Å². The van der Waals surface area contributed by atoms with E-state index in [1.807, 2.05) is 13.8 Å². The van der Waals surface area contributed by atoms with Gasteiger partial charge in [-0.1, -0.05) is 0 Å². The fourth-order valence-corrected chi connectivity index (χ4v) is 1.30. The molecule has 0 radical (unpaired) electrons. The molecular formula is C11H24ClNO4. The van der Waals surface area contributed by atoms with Crippen molar-refractivity contribution in [3.63, 3.8) is 0 Å². The van der Waals surface area contributed by atoms with E-state index >= 15 is 0 Å². The van der Waals surface area contributed by atoms with Gasteiger partial charge in [-0.3, -0.25) is 0 Å². The first kappa shape index (κ1) is 19.0. The molecular weight excluding hydrogens is 246 g/mol. The predicted octanol–water partition coefficient (Wildman–Crippen LogP) is -2.66. The van der Waals surface area contributed by atoms with Gasteiger partial charge in [0.05, 0.1) is 6.61 Å². The quantitative estimate of drug-likeness (QED) is 0.366. The lowest BCUT2D eigenvalue weighted by Crippen LogP contribution is -3.00. The second-order valence-electron chi connectivity index (χ2n) is 3.37. The van der Waals surface area contributed by atoms with Crippen molar-refractivity contribution in [3.8, 4) is 0 Å². The minimum absolute atomic E-state index is 0. The lowest BCUT2D eigenvalue weighted by Gasteiger charge is -2.17. The second-order valence-corrected chi connectivity index (χ2v) is 3.37. The van der Waals surface area contributed by atoms with E-state index in [1.165, 1.54) is 0 Å². The Morgan fingerprint density at radius 1 is 1.06 bits per heavy atom. The number of quaternary nitrogens is 1. The molecule has 1 atom stereocenters. The summed E-state index contributed by atoms with van der Waals surface area (Å²) in [6.45, 7) is 7.22. The minimum Gasteiger partial charge on any atom is -1.00 e. The Morgan fingerprint density at radius 3 is 2.00 bits per heavy atom. The molecule has 0 aliphatic heterocycles. The Hall–Kier alpha value is -0.360. The van der Waals surface area contributed by atoms with Gasteiger partial charge in [0.2, 0.25) is 0 Å². The number of hydrogen-bond donors (Lipinski definition) is 1. The summed E-state index contributed by atoms with van der Waals surface area (Å²) in [5.41, 5.74) is 3.76. The van der Waals surface area contributed by atoms with E-state index in [1.54, 1.807) is 6.92 Å². The van der Waals surface area contributed by atoms with Crippen LogP contribution >= 0.6 is 0 Å². The van der Waals surface area contributed by atoms with Crippen LogP contribution < -0.4 is 18.1 Å². The SMILES string of the molecule is CCOC(=O)[C@@H]([NH3+])CCC(OCC)OCC.[Cl-]. The van der Waals surface area contributed by atoms with Crippen LogP contribution in [0, 0.1) is 0 Å². The topological polar surface area (TPSA) is 72.4 Å². The second kappa shape index (κ2) is 12.1. The Balaban J connectivity index is 0. The lowest BCUT2D eigenvalue weighted by atomic mass is 10.1. The van der Waals surface area contributed by atoms with Crippen LogP contribution in [0.1, 0.15) is 33.6 Å². The van der Waals surface area contributed by atoms with Crippen molar-refractivity contribution in [1.82, 2.24) is 0 Å². The molecule has 0 saturated heterocycles. The number of hydrogen-bond acceptors (Lipinski definition) is 4. The summed E-state index contributed by atoms with van der Waals surface area (Å²) in [5, 5.41) is 0. The Bertz CT molecular complexity index is 186. The van der Waals surface area contributed by atoms with Crippen LogP contribution in [0.15, 0.2) is 0 Å². The predicted molar refractivity (Wildman–Crippen MR) is 59.6 cm³/mol. The van der Waals surface area contributed by atoms with E-state index < -0.39 is 0 Å². The maximum absolute atomic E-state index is 11.3. The van der Waals surface area contributed by atoms with Crippen LogP contribution in [0.25, 0.3) is 0 Å². The standard InChI is InChI=1S/C11H23NO4.ClH/c1-4-14-10(15-5-2)8-7-9(12)11(13)16-6-3;/h9-10H,4-8,12H2,1-3H3;1H/t9-;/m0./s1. The Labute approximate surface area is 109 Å². The van der Waals surface area contributed by atoms with E-state index in [0.29, 0.717) is 32.7 Å².